The van der Waals surface area contributed by atoms with Crippen LogP contribution in [0.4, 0.5) is 0 Å². The molecule has 7 N–H and O–H groups in total. The van der Waals surface area contributed by atoms with Gasteiger partial charge in [-0.05, 0) is 24.1 Å². The normalized spacial score (nSPS) is 16.0. The van der Waals surface area contributed by atoms with Gasteiger partial charge in [-0.15, -0.1) is 0 Å². The molecule has 1 aromatic rings. The Morgan fingerprint density at radius 2 is 1.92 bits per heavy atom. The number of hydrogen-bond acceptors (Lipinski definition) is 7. The van der Waals surface area contributed by atoms with Crippen molar-refractivity contribution in [1.82, 2.24) is 0 Å². The SMILES string of the molecule is NC(CCP(=O)(O)C(O)c1ccc(OCC(=O)O)c(O)c1)C(=O)O. The van der Waals surface area contributed by atoms with Gasteiger partial charge in [-0.2, -0.15) is 0 Å². The van der Waals surface area contributed by atoms with Crippen molar-refractivity contribution in [3.05, 3.63) is 23.8 Å². The average Bonchev–Trinajstić information content (AvgIpc) is 2.50. The van der Waals surface area contributed by atoms with E-state index < -0.39 is 49.7 Å². The van der Waals surface area contributed by atoms with E-state index in [4.69, 9.17) is 20.7 Å². The largest absolute Gasteiger partial charge is 0.504 e. The number of carboxylic acid groups (broad SMARTS) is 2. The maximum absolute atomic E-state index is 12.1. The summed E-state index contributed by atoms with van der Waals surface area (Å²) < 4.78 is 16.9. The lowest BCUT2D eigenvalue weighted by molar-refractivity contribution is -0.139. The first-order valence-electron chi connectivity index (χ1n) is 6.70. The van der Waals surface area contributed by atoms with Crippen LogP contribution in [0.5, 0.6) is 11.5 Å². The van der Waals surface area contributed by atoms with Gasteiger partial charge in [0, 0.05) is 6.16 Å². The van der Waals surface area contributed by atoms with Crippen molar-refractivity contribution in [2.24, 2.45) is 5.73 Å². The van der Waals surface area contributed by atoms with Crippen LogP contribution in [-0.2, 0) is 14.2 Å². The molecule has 24 heavy (non-hydrogen) atoms. The van der Waals surface area contributed by atoms with Crippen molar-refractivity contribution in [1.29, 1.82) is 0 Å². The molecule has 134 valence electrons. The zero-order valence-electron chi connectivity index (χ0n) is 12.4. The second-order valence-corrected chi connectivity index (χ2v) is 7.44. The standard InChI is InChI=1S/C13H18NO9P/c14-8(12(18)19)3-4-24(21,22)13(20)7-1-2-10(9(15)5-7)23-6-11(16)17/h1-2,5,8,13,15,20H,3-4,6,14H2,(H,16,17)(H,18,19)(H,21,22). The number of aliphatic hydroxyl groups excluding tert-OH is 1. The molecule has 0 spiro atoms. The number of ether oxygens (including phenoxy) is 1. The smallest absolute Gasteiger partial charge is 0.341 e. The van der Waals surface area contributed by atoms with Crippen LogP contribution in [0.3, 0.4) is 0 Å². The molecule has 0 aliphatic carbocycles. The number of phenolic OH excluding ortho intramolecular Hbond substituents is 1. The highest BCUT2D eigenvalue weighted by Gasteiger charge is 2.32. The molecule has 3 unspecified atom stereocenters. The Kier molecular flexibility index (Phi) is 6.73. The summed E-state index contributed by atoms with van der Waals surface area (Å²) >= 11 is 0. The molecule has 0 amide bonds. The maximum atomic E-state index is 12.1. The van der Waals surface area contributed by atoms with Crippen molar-refractivity contribution in [2.75, 3.05) is 12.8 Å². The van der Waals surface area contributed by atoms with Gasteiger partial charge in [-0.25, -0.2) is 4.79 Å². The minimum Gasteiger partial charge on any atom is -0.504 e. The molecular weight excluding hydrogens is 345 g/mol. The van der Waals surface area contributed by atoms with Gasteiger partial charge >= 0.3 is 11.9 Å². The van der Waals surface area contributed by atoms with E-state index in [1.54, 1.807) is 0 Å². The molecular formula is C13H18NO9P. The Morgan fingerprint density at radius 1 is 1.29 bits per heavy atom. The number of aliphatic hydroxyl groups is 1. The molecule has 11 heteroatoms. The monoisotopic (exact) mass is 363 g/mol. The summed E-state index contributed by atoms with van der Waals surface area (Å²) in [5.41, 5.74) is 5.14. The zero-order valence-corrected chi connectivity index (χ0v) is 13.3. The molecule has 0 fully saturated rings. The minimum atomic E-state index is -4.20. The second kappa shape index (κ2) is 8.11. The second-order valence-electron chi connectivity index (χ2n) is 5.00. The van der Waals surface area contributed by atoms with Crippen LogP contribution in [0.15, 0.2) is 18.2 Å². The number of carboxylic acids is 2. The fourth-order valence-electron chi connectivity index (χ4n) is 1.76. The number of aliphatic carboxylic acids is 2. The Balaban J connectivity index is 2.84. The van der Waals surface area contributed by atoms with Crippen molar-refractivity contribution >= 4 is 19.3 Å². The third kappa shape index (κ3) is 5.50. The topological polar surface area (TPSA) is 188 Å². The first-order chi connectivity index (χ1) is 11.0. The predicted octanol–water partition coefficient (Wildman–Crippen LogP) is -0.0811. The molecule has 10 nitrogen and oxygen atoms in total. The van der Waals surface area contributed by atoms with Crippen LogP contribution in [0.1, 0.15) is 17.8 Å². The molecule has 0 aromatic heterocycles. The lowest BCUT2D eigenvalue weighted by Crippen LogP contribution is -2.31. The highest BCUT2D eigenvalue weighted by Crippen LogP contribution is 2.55. The quantitative estimate of drug-likeness (QED) is 0.324. The zero-order chi connectivity index (χ0) is 18.5. The summed E-state index contributed by atoms with van der Waals surface area (Å²) in [7, 11) is -4.20. The number of aromatic hydroxyl groups is 1. The predicted molar refractivity (Wildman–Crippen MR) is 81.1 cm³/mol. The molecule has 0 saturated carbocycles. The van der Waals surface area contributed by atoms with E-state index in [9.17, 15) is 29.3 Å². The summed E-state index contributed by atoms with van der Waals surface area (Å²) in [5, 5.41) is 36.8. The number of benzene rings is 1. The van der Waals surface area contributed by atoms with E-state index in [0.717, 1.165) is 12.1 Å². The number of carbonyl (C=O) groups is 2. The molecule has 0 saturated heterocycles. The maximum Gasteiger partial charge on any atom is 0.341 e. The van der Waals surface area contributed by atoms with Gasteiger partial charge in [-0.3, -0.25) is 9.36 Å². The molecule has 3 atom stereocenters. The first kappa shape index (κ1) is 19.9. The molecule has 1 aromatic carbocycles. The molecule has 0 radical (unpaired) electrons. The van der Waals surface area contributed by atoms with E-state index in [1.165, 1.54) is 6.07 Å². The molecule has 0 aliphatic heterocycles. The summed E-state index contributed by atoms with van der Waals surface area (Å²) in [5.74, 6) is -5.14. The molecule has 0 bridgehead atoms. The number of phenols is 1. The van der Waals surface area contributed by atoms with Crippen molar-refractivity contribution in [3.8, 4) is 11.5 Å². The van der Waals surface area contributed by atoms with E-state index >= 15 is 0 Å². The average molecular weight is 363 g/mol. The summed E-state index contributed by atoms with van der Waals surface area (Å²) in [6.07, 6.45) is -0.842. The summed E-state index contributed by atoms with van der Waals surface area (Å²) in [4.78, 5) is 30.9. The lowest BCUT2D eigenvalue weighted by atomic mass is 10.2. The molecule has 1 rings (SSSR count). The highest BCUT2D eigenvalue weighted by molar-refractivity contribution is 7.58. The first-order valence-corrected chi connectivity index (χ1v) is 8.61. The van der Waals surface area contributed by atoms with E-state index in [0.29, 0.717) is 0 Å². The Hall–Kier alpha value is -2.13. The third-order valence-corrected chi connectivity index (χ3v) is 5.05. The third-order valence-electron chi connectivity index (χ3n) is 3.09. The van der Waals surface area contributed by atoms with E-state index in [2.05, 4.69) is 0 Å². The minimum absolute atomic E-state index is 0.107. The number of rotatable bonds is 9. The van der Waals surface area contributed by atoms with Crippen molar-refractivity contribution in [2.45, 2.75) is 18.3 Å². The fourth-order valence-corrected chi connectivity index (χ4v) is 3.28. The Bertz CT molecular complexity index is 663. The van der Waals surface area contributed by atoms with E-state index in [-0.39, 0.29) is 17.7 Å². The van der Waals surface area contributed by atoms with Gasteiger partial charge in [-0.1, -0.05) is 6.07 Å². The van der Waals surface area contributed by atoms with Crippen molar-refractivity contribution < 1.29 is 44.2 Å². The Morgan fingerprint density at radius 3 is 2.42 bits per heavy atom. The van der Waals surface area contributed by atoms with Crippen LogP contribution in [0.2, 0.25) is 0 Å². The molecule has 0 heterocycles. The van der Waals surface area contributed by atoms with Gasteiger partial charge in [0.15, 0.2) is 24.0 Å². The van der Waals surface area contributed by atoms with Crippen LogP contribution in [0, 0.1) is 0 Å². The lowest BCUT2D eigenvalue weighted by Gasteiger charge is -2.20. The van der Waals surface area contributed by atoms with Gasteiger partial charge in [0.25, 0.3) is 0 Å². The van der Waals surface area contributed by atoms with Crippen LogP contribution < -0.4 is 10.5 Å². The Labute approximate surface area is 136 Å². The van der Waals surface area contributed by atoms with Crippen LogP contribution >= 0.6 is 7.37 Å². The molecule has 0 aliphatic rings. The number of hydrogen-bond donors (Lipinski definition) is 6. The van der Waals surface area contributed by atoms with Crippen LogP contribution in [-0.4, -0.2) is 56.1 Å². The van der Waals surface area contributed by atoms with Gasteiger partial charge in [0.2, 0.25) is 7.37 Å². The fraction of sp³-hybridized carbons (Fsp3) is 0.385. The van der Waals surface area contributed by atoms with E-state index in [1.807, 2.05) is 0 Å². The van der Waals surface area contributed by atoms with Gasteiger partial charge < -0.3 is 35.8 Å². The van der Waals surface area contributed by atoms with Gasteiger partial charge in [0.05, 0.1) is 0 Å². The number of nitrogens with two attached hydrogens (primary N) is 1. The van der Waals surface area contributed by atoms with Crippen molar-refractivity contribution in [3.63, 3.8) is 0 Å². The highest BCUT2D eigenvalue weighted by atomic mass is 31.2. The van der Waals surface area contributed by atoms with Gasteiger partial charge in [0.1, 0.15) is 6.04 Å². The summed E-state index contributed by atoms with van der Waals surface area (Å²) in [6.45, 7) is -0.693. The summed E-state index contributed by atoms with van der Waals surface area (Å²) in [6, 6.07) is 1.95. The van der Waals surface area contributed by atoms with Crippen LogP contribution in [0.25, 0.3) is 0 Å².